The Kier molecular flexibility index (Phi) is 5.33. The number of rotatable bonds is 5. The topological polar surface area (TPSA) is 29.5 Å². The van der Waals surface area contributed by atoms with Gasteiger partial charge < -0.3 is 0 Å². The second-order valence-electron chi connectivity index (χ2n) is 7.96. The van der Waals surface area contributed by atoms with Gasteiger partial charge in [-0.25, -0.2) is 0 Å². The van der Waals surface area contributed by atoms with E-state index in [4.69, 9.17) is 4.74 Å². The molecule has 0 saturated carbocycles. The van der Waals surface area contributed by atoms with Crippen molar-refractivity contribution in [1.82, 2.24) is 4.90 Å². The van der Waals surface area contributed by atoms with Crippen LogP contribution in [0.5, 0.6) is 0 Å². The predicted octanol–water partition coefficient (Wildman–Crippen LogP) is 3.44. The Hall–Kier alpha value is -2.79. The van der Waals surface area contributed by atoms with Crippen molar-refractivity contribution in [1.29, 1.82) is 0 Å². The van der Waals surface area contributed by atoms with E-state index < -0.39 is 13.3 Å². The first-order chi connectivity index (χ1) is 14.0. The molecule has 1 heterocycles. The van der Waals surface area contributed by atoms with E-state index in [9.17, 15) is 4.79 Å². The summed E-state index contributed by atoms with van der Waals surface area (Å²) in [6, 6.07) is 32.1. The molecule has 0 radical (unpaired) electrons. The number of carbonyl (C=O) groups is 1. The Balaban J connectivity index is 1.96. The first kappa shape index (κ1) is 19.5. The van der Waals surface area contributed by atoms with Gasteiger partial charge in [-0.15, -0.1) is 0 Å². The fourth-order valence-corrected chi connectivity index (χ4v) is 12.6. The second-order valence-corrected chi connectivity index (χ2v) is 15.7. The maximum absolute atomic E-state index is 12.4. The minimum atomic E-state index is -3.20. The fraction of sp³-hybridized carbons (Fsp3) is 0.160. The number of nitrogens with zero attached hydrogens (tertiary/aromatic N) is 1. The summed E-state index contributed by atoms with van der Waals surface area (Å²) in [5.74, 6) is 0. The van der Waals surface area contributed by atoms with Crippen molar-refractivity contribution < 1.29 is 9.53 Å². The SMILES string of the molecule is CC1(C)COC(=O)N1C=[CH][Ge]([c]1ccccc1)([c]1ccccc1)[c]1ccccc1. The third-order valence-corrected chi connectivity index (χ3v) is 14.8. The number of amides is 1. The molecule has 0 N–H and O–H groups in total. The van der Waals surface area contributed by atoms with Crippen molar-refractivity contribution in [3.05, 3.63) is 102 Å². The molecule has 0 aliphatic carbocycles. The molecule has 1 aliphatic rings. The van der Waals surface area contributed by atoms with Crippen LogP contribution in [-0.4, -0.2) is 36.4 Å². The average molecular weight is 444 g/mol. The normalized spacial score (nSPS) is 16.2. The predicted molar refractivity (Wildman–Crippen MR) is 120 cm³/mol. The first-order valence-corrected chi connectivity index (χ1v) is 14.2. The molecule has 1 aliphatic heterocycles. The average Bonchev–Trinajstić information content (AvgIpc) is 3.03. The second kappa shape index (κ2) is 7.92. The molecule has 0 bridgehead atoms. The summed E-state index contributed by atoms with van der Waals surface area (Å²) < 4.78 is 9.30. The number of cyclic esters (lactones) is 1. The Bertz CT molecular complexity index is 904. The van der Waals surface area contributed by atoms with Crippen LogP contribution in [0.1, 0.15) is 13.8 Å². The summed E-state index contributed by atoms with van der Waals surface area (Å²) in [4.78, 5) is 16.4. The first-order valence-electron chi connectivity index (χ1n) is 9.86. The van der Waals surface area contributed by atoms with Gasteiger partial charge in [-0.05, 0) is 0 Å². The summed E-state index contributed by atoms with van der Waals surface area (Å²) in [6.45, 7) is 4.47. The van der Waals surface area contributed by atoms with Crippen molar-refractivity contribution in [2.45, 2.75) is 19.4 Å². The number of carbonyl (C=O) groups excluding carboxylic acids is 1. The zero-order valence-electron chi connectivity index (χ0n) is 16.8. The summed E-state index contributed by atoms with van der Waals surface area (Å²) in [5, 5.41) is 0. The molecular formula is C25H25GeNO2. The van der Waals surface area contributed by atoms with E-state index in [1.807, 2.05) is 20.0 Å². The molecular weight excluding hydrogens is 419 g/mol. The van der Waals surface area contributed by atoms with Crippen LogP contribution in [0.3, 0.4) is 0 Å². The molecule has 0 spiro atoms. The minimum absolute atomic E-state index is 0.281. The third-order valence-electron chi connectivity index (χ3n) is 5.56. The van der Waals surface area contributed by atoms with E-state index in [0.29, 0.717) is 6.61 Å². The third kappa shape index (κ3) is 3.63. The molecule has 0 aromatic heterocycles. The van der Waals surface area contributed by atoms with Gasteiger partial charge in [0.2, 0.25) is 0 Å². The number of hydrogen-bond acceptors (Lipinski definition) is 2. The van der Waals surface area contributed by atoms with Gasteiger partial charge in [0.1, 0.15) is 0 Å². The zero-order chi connectivity index (χ0) is 20.3. The number of hydrogen-bond donors (Lipinski definition) is 0. The number of benzene rings is 3. The van der Waals surface area contributed by atoms with Crippen LogP contribution in [0, 0.1) is 0 Å². The van der Waals surface area contributed by atoms with Crippen LogP contribution in [0.25, 0.3) is 0 Å². The van der Waals surface area contributed by atoms with E-state index in [1.54, 1.807) is 4.90 Å². The molecule has 0 atom stereocenters. The summed E-state index contributed by atoms with van der Waals surface area (Å²) in [7, 11) is 0. The van der Waals surface area contributed by atoms with E-state index in [1.165, 1.54) is 13.2 Å². The van der Waals surface area contributed by atoms with Crippen LogP contribution in [0.4, 0.5) is 4.79 Å². The van der Waals surface area contributed by atoms with Gasteiger partial charge in [0.15, 0.2) is 0 Å². The van der Waals surface area contributed by atoms with Crippen molar-refractivity contribution in [2.75, 3.05) is 6.61 Å². The molecule has 1 saturated heterocycles. The summed E-state index contributed by atoms with van der Waals surface area (Å²) >= 11 is -3.20. The molecule has 3 aromatic carbocycles. The van der Waals surface area contributed by atoms with Crippen LogP contribution in [-0.2, 0) is 4.74 Å². The van der Waals surface area contributed by atoms with Crippen molar-refractivity contribution in [3.63, 3.8) is 0 Å². The molecule has 146 valence electrons. The van der Waals surface area contributed by atoms with Crippen LogP contribution < -0.4 is 13.2 Å². The Labute approximate surface area is 175 Å². The molecule has 1 amide bonds. The van der Waals surface area contributed by atoms with Crippen molar-refractivity contribution in [3.8, 4) is 0 Å². The quantitative estimate of drug-likeness (QED) is 0.565. The molecule has 0 unspecified atom stereocenters. The Morgan fingerprint density at radius 2 is 1.21 bits per heavy atom. The van der Waals surface area contributed by atoms with Gasteiger partial charge in [-0.3, -0.25) is 0 Å². The van der Waals surface area contributed by atoms with Gasteiger partial charge in [-0.1, -0.05) is 0 Å². The zero-order valence-corrected chi connectivity index (χ0v) is 18.9. The van der Waals surface area contributed by atoms with Crippen LogP contribution in [0.2, 0.25) is 0 Å². The monoisotopic (exact) mass is 445 g/mol. The molecule has 3 aromatic rings. The molecule has 4 heteroatoms. The van der Waals surface area contributed by atoms with Gasteiger partial charge in [0.25, 0.3) is 0 Å². The van der Waals surface area contributed by atoms with Crippen LogP contribution in [0.15, 0.2) is 102 Å². The van der Waals surface area contributed by atoms with E-state index in [-0.39, 0.29) is 11.6 Å². The van der Waals surface area contributed by atoms with Gasteiger partial charge in [0.05, 0.1) is 0 Å². The standard InChI is InChI=1S/C25H25GeNO2/c1-25(2)20-29-24(28)27(25)19-18-26(21-12-6-3-7-13-21,22-14-8-4-9-15-22)23-16-10-5-11-17-23/h3-19H,20H2,1-2H3. The molecule has 1 fully saturated rings. The van der Waals surface area contributed by atoms with Crippen LogP contribution >= 0.6 is 0 Å². The molecule has 3 nitrogen and oxygen atoms in total. The molecule has 4 rings (SSSR count). The molecule has 29 heavy (non-hydrogen) atoms. The number of ether oxygens (including phenoxy) is 1. The van der Waals surface area contributed by atoms with E-state index >= 15 is 0 Å². The summed E-state index contributed by atoms with van der Waals surface area (Å²) in [6.07, 6.45) is 1.69. The van der Waals surface area contributed by atoms with Crippen molar-refractivity contribution >= 4 is 32.5 Å². The fourth-order valence-electron chi connectivity index (χ4n) is 3.97. The summed E-state index contributed by atoms with van der Waals surface area (Å²) in [5.41, 5.74) is -0.356. The van der Waals surface area contributed by atoms with Crippen molar-refractivity contribution in [2.24, 2.45) is 0 Å². The van der Waals surface area contributed by atoms with E-state index in [0.717, 1.165) is 0 Å². The Morgan fingerprint density at radius 3 is 1.55 bits per heavy atom. The van der Waals surface area contributed by atoms with Gasteiger partial charge in [-0.2, -0.15) is 0 Å². The maximum atomic E-state index is 12.4. The van der Waals surface area contributed by atoms with Gasteiger partial charge in [0, 0.05) is 0 Å². The Morgan fingerprint density at radius 1 is 0.793 bits per heavy atom. The van der Waals surface area contributed by atoms with E-state index in [2.05, 4.69) is 95.9 Å². The van der Waals surface area contributed by atoms with Gasteiger partial charge >= 0.3 is 175 Å².